The number of ether oxygens (including phenoxy) is 1. The normalized spacial score (nSPS) is 11.3. The molecule has 0 N–H and O–H groups in total. The van der Waals surface area contributed by atoms with Crippen molar-refractivity contribution in [2.24, 2.45) is 0 Å². The molecule has 5 heteroatoms. The topological polar surface area (TPSA) is 69.7 Å². The Kier molecular flexibility index (Phi) is 2.94. The van der Waals surface area contributed by atoms with Crippen molar-refractivity contribution in [3.05, 3.63) is 58.4 Å². The molecule has 5 nitrogen and oxygen atoms in total. The summed E-state index contributed by atoms with van der Waals surface area (Å²) in [6.07, 6.45) is 0. The van der Waals surface area contributed by atoms with E-state index in [-0.39, 0.29) is 12.2 Å². The van der Waals surface area contributed by atoms with Crippen molar-refractivity contribution >= 4 is 38.9 Å². The van der Waals surface area contributed by atoms with Crippen LogP contribution in [0.1, 0.15) is 17.3 Å². The second-order valence-electron chi connectivity index (χ2n) is 5.12. The molecule has 0 radical (unpaired) electrons. The van der Waals surface area contributed by atoms with Gasteiger partial charge in [0.2, 0.25) is 0 Å². The molecule has 0 fully saturated rings. The fourth-order valence-corrected chi connectivity index (χ4v) is 2.74. The second-order valence-corrected chi connectivity index (χ2v) is 5.12. The number of esters is 1. The Hall–Kier alpha value is -3.08. The lowest BCUT2D eigenvalue weighted by molar-refractivity contribution is 0.0522. The first-order valence-electron chi connectivity index (χ1n) is 7.24. The molecule has 0 unspecified atom stereocenters. The largest absolute Gasteiger partial charge is 0.462 e. The van der Waals surface area contributed by atoms with E-state index in [4.69, 9.17) is 13.6 Å². The quantitative estimate of drug-likeness (QED) is 0.415. The highest BCUT2D eigenvalue weighted by Crippen LogP contribution is 2.34. The van der Waals surface area contributed by atoms with Crippen molar-refractivity contribution in [2.45, 2.75) is 6.92 Å². The lowest BCUT2D eigenvalue weighted by Gasteiger charge is -2.03. The average Bonchev–Trinajstić information content (AvgIpc) is 2.93. The summed E-state index contributed by atoms with van der Waals surface area (Å²) < 4.78 is 16.1. The van der Waals surface area contributed by atoms with Gasteiger partial charge in [-0.25, -0.2) is 9.59 Å². The van der Waals surface area contributed by atoms with Crippen LogP contribution in [-0.2, 0) is 4.74 Å². The third-order valence-corrected chi connectivity index (χ3v) is 3.74. The van der Waals surface area contributed by atoms with E-state index in [9.17, 15) is 9.59 Å². The van der Waals surface area contributed by atoms with Crippen molar-refractivity contribution in [2.75, 3.05) is 6.61 Å². The van der Waals surface area contributed by atoms with E-state index in [2.05, 4.69) is 0 Å². The van der Waals surface area contributed by atoms with Gasteiger partial charge in [0.25, 0.3) is 0 Å². The molecular weight excluding hydrogens is 296 g/mol. The third kappa shape index (κ3) is 2.01. The number of para-hydroxylation sites is 1. The van der Waals surface area contributed by atoms with Gasteiger partial charge in [0.05, 0.1) is 12.0 Å². The van der Waals surface area contributed by atoms with Gasteiger partial charge in [-0.05, 0) is 31.2 Å². The SMILES string of the molecule is CCOC(=O)c1cc2ccc3oc4ccccc4c3c2oc1=O. The van der Waals surface area contributed by atoms with Crippen LogP contribution in [0.15, 0.2) is 56.1 Å². The Morgan fingerprint density at radius 1 is 1.09 bits per heavy atom. The van der Waals surface area contributed by atoms with Gasteiger partial charge in [0.1, 0.15) is 22.3 Å². The van der Waals surface area contributed by atoms with E-state index in [1.54, 1.807) is 19.1 Å². The van der Waals surface area contributed by atoms with Gasteiger partial charge in [-0.1, -0.05) is 18.2 Å². The third-order valence-electron chi connectivity index (χ3n) is 3.74. The van der Waals surface area contributed by atoms with Crippen LogP contribution in [0.25, 0.3) is 32.9 Å². The Balaban J connectivity index is 2.09. The summed E-state index contributed by atoms with van der Waals surface area (Å²) in [5, 5.41) is 2.23. The molecule has 114 valence electrons. The Morgan fingerprint density at radius 3 is 2.74 bits per heavy atom. The maximum absolute atomic E-state index is 12.2. The summed E-state index contributed by atoms with van der Waals surface area (Å²) in [6, 6.07) is 12.6. The van der Waals surface area contributed by atoms with Gasteiger partial charge in [0, 0.05) is 10.8 Å². The number of benzene rings is 2. The molecule has 0 saturated carbocycles. The van der Waals surface area contributed by atoms with Crippen molar-refractivity contribution in [3.8, 4) is 0 Å². The molecular formula is C18H12O5. The Bertz CT molecular complexity index is 1120. The lowest BCUT2D eigenvalue weighted by atomic mass is 10.1. The molecule has 0 atom stereocenters. The first-order chi connectivity index (χ1) is 11.2. The molecule has 0 aliphatic heterocycles. The Labute approximate surface area is 130 Å². The van der Waals surface area contributed by atoms with Crippen LogP contribution in [0.3, 0.4) is 0 Å². The molecule has 23 heavy (non-hydrogen) atoms. The van der Waals surface area contributed by atoms with Gasteiger partial charge in [0.15, 0.2) is 0 Å². The highest BCUT2D eigenvalue weighted by atomic mass is 16.5. The monoisotopic (exact) mass is 308 g/mol. The molecule has 4 rings (SSSR count). The Morgan fingerprint density at radius 2 is 1.91 bits per heavy atom. The van der Waals surface area contributed by atoms with E-state index in [1.807, 2.05) is 24.3 Å². The summed E-state index contributed by atoms with van der Waals surface area (Å²) in [5.41, 5.74) is 0.934. The van der Waals surface area contributed by atoms with Crippen LogP contribution >= 0.6 is 0 Å². The summed E-state index contributed by atoms with van der Waals surface area (Å²) in [4.78, 5) is 24.0. The van der Waals surface area contributed by atoms with Gasteiger partial charge in [-0.15, -0.1) is 0 Å². The molecule has 0 aliphatic carbocycles. The highest BCUT2D eigenvalue weighted by Gasteiger charge is 2.18. The van der Waals surface area contributed by atoms with Crippen LogP contribution in [0.2, 0.25) is 0 Å². The van der Waals surface area contributed by atoms with Crippen LogP contribution in [0, 0.1) is 0 Å². The number of carbonyl (C=O) groups is 1. The molecule has 0 spiro atoms. The number of rotatable bonds is 2. The minimum absolute atomic E-state index is 0.105. The average molecular weight is 308 g/mol. The van der Waals surface area contributed by atoms with E-state index < -0.39 is 11.6 Å². The summed E-state index contributed by atoms with van der Waals surface area (Å²) >= 11 is 0. The number of carbonyl (C=O) groups excluding carboxylic acids is 1. The zero-order chi connectivity index (χ0) is 16.0. The zero-order valence-electron chi connectivity index (χ0n) is 12.3. The van der Waals surface area contributed by atoms with E-state index in [0.29, 0.717) is 22.1 Å². The first-order valence-corrected chi connectivity index (χ1v) is 7.24. The maximum atomic E-state index is 12.2. The van der Waals surface area contributed by atoms with Gasteiger partial charge >= 0.3 is 11.6 Å². The van der Waals surface area contributed by atoms with Crippen molar-refractivity contribution < 1.29 is 18.4 Å². The predicted molar refractivity (Wildman–Crippen MR) is 85.7 cm³/mol. The fourth-order valence-electron chi connectivity index (χ4n) is 2.74. The zero-order valence-corrected chi connectivity index (χ0v) is 12.3. The molecule has 2 heterocycles. The highest BCUT2D eigenvalue weighted by molar-refractivity contribution is 6.16. The van der Waals surface area contributed by atoms with Gasteiger partial charge in [-0.3, -0.25) is 0 Å². The molecule has 0 amide bonds. The fraction of sp³-hybridized carbons (Fsp3) is 0.111. The molecule has 0 saturated heterocycles. The number of hydrogen-bond acceptors (Lipinski definition) is 5. The summed E-state index contributed by atoms with van der Waals surface area (Å²) in [5.74, 6) is -0.680. The smallest absolute Gasteiger partial charge is 0.351 e. The molecule has 2 aromatic heterocycles. The summed E-state index contributed by atoms with van der Waals surface area (Å²) in [6.45, 7) is 1.88. The predicted octanol–water partition coefficient (Wildman–Crippen LogP) is 3.87. The lowest BCUT2D eigenvalue weighted by Crippen LogP contribution is -2.16. The van der Waals surface area contributed by atoms with Crippen LogP contribution < -0.4 is 5.63 Å². The number of furan rings is 1. The van der Waals surface area contributed by atoms with Crippen LogP contribution in [0.4, 0.5) is 0 Å². The summed E-state index contributed by atoms with van der Waals surface area (Å²) in [7, 11) is 0. The minimum Gasteiger partial charge on any atom is -0.462 e. The maximum Gasteiger partial charge on any atom is 0.351 e. The first kappa shape index (κ1) is 13.6. The van der Waals surface area contributed by atoms with Gasteiger partial charge in [-0.2, -0.15) is 0 Å². The van der Waals surface area contributed by atoms with Crippen molar-refractivity contribution in [3.63, 3.8) is 0 Å². The standard InChI is InChI=1S/C18H12O5/c1-2-21-17(19)12-9-10-7-8-14-15(16(10)23-18(12)20)11-5-3-4-6-13(11)22-14/h3-9H,2H2,1H3. The van der Waals surface area contributed by atoms with Crippen LogP contribution in [-0.4, -0.2) is 12.6 Å². The van der Waals surface area contributed by atoms with E-state index >= 15 is 0 Å². The van der Waals surface area contributed by atoms with E-state index in [0.717, 1.165) is 10.8 Å². The van der Waals surface area contributed by atoms with Crippen molar-refractivity contribution in [1.82, 2.24) is 0 Å². The molecule has 0 bridgehead atoms. The molecule has 0 aliphatic rings. The van der Waals surface area contributed by atoms with Crippen molar-refractivity contribution in [1.29, 1.82) is 0 Å². The second kappa shape index (κ2) is 4.98. The van der Waals surface area contributed by atoms with Crippen LogP contribution in [0.5, 0.6) is 0 Å². The van der Waals surface area contributed by atoms with E-state index in [1.165, 1.54) is 6.07 Å². The number of hydrogen-bond donors (Lipinski definition) is 0. The van der Waals surface area contributed by atoms with Gasteiger partial charge < -0.3 is 13.6 Å². The number of fused-ring (bicyclic) bond motifs is 5. The minimum atomic E-state index is -0.714. The molecule has 4 aromatic rings. The molecule has 2 aromatic carbocycles.